The molecule has 2 heterocycles. The van der Waals surface area contributed by atoms with Crippen molar-refractivity contribution in [2.75, 3.05) is 26.2 Å². The average molecular weight is 210 g/mol. The first-order valence-corrected chi connectivity index (χ1v) is 5.65. The highest BCUT2D eigenvalue weighted by Gasteiger charge is 2.12. The second-order valence-electron chi connectivity index (χ2n) is 3.99. The van der Waals surface area contributed by atoms with Gasteiger partial charge in [-0.1, -0.05) is 0 Å². The molecule has 0 atom stereocenters. The highest BCUT2D eigenvalue weighted by molar-refractivity contribution is 4.94. The van der Waals surface area contributed by atoms with Crippen LogP contribution < -0.4 is 0 Å². The summed E-state index contributed by atoms with van der Waals surface area (Å²) in [7, 11) is 0. The van der Waals surface area contributed by atoms with Crippen molar-refractivity contribution >= 4 is 0 Å². The summed E-state index contributed by atoms with van der Waals surface area (Å²) in [6, 6.07) is 0. The maximum Gasteiger partial charge on any atom is 0.195 e. The molecule has 0 bridgehead atoms. The standard InChI is InChI=1S/C11H18N2O2/c14-8-4-10-9-12-11(15-10)3-7-13-5-1-2-6-13/h9,14H,1-8H2. The Labute approximate surface area is 89.9 Å². The van der Waals surface area contributed by atoms with Gasteiger partial charge < -0.3 is 14.4 Å². The molecule has 1 fully saturated rings. The third-order valence-corrected chi connectivity index (χ3v) is 2.80. The molecule has 0 unspecified atom stereocenters. The SMILES string of the molecule is OCCc1cnc(CCN2CCCC2)o1. The molecular formula is C11H18N2O2. The number of hydrogen-bond acceptors (Lipinski definition) is 4. The minimum atomic E-state index is 0.126. The fraction of sp³-hybridized carbons (Fsp3) is 0.727. The Balaban J connectivity index is 1.77. The van der Waals surface area contributed by atoms with Crippen molar-refractivity contribution in [1.29, 1.82) is 0 Å². The monoisotopic (exact) mass is 210 g/mol. The molecule has 1 aliphatic heterocycles. The Bertz CT molecular complexity index is 293. The van der Waals surface area contributed by atoms with Crippen LogP contribution >= 0.6 is 0 Å². The number of hydrogen-bond donors (Lipinski definition) is 1. The molecule has 0 radical (unpaired) electrons. The maximum absolute atomic E-state index is 8.74. The van der Waals surface area contributed by atoms with Gasteiger partial charge in [-0.2, -0.15) is 0 Å². The van der Waals surface area contributed by atoms with Gasteiger partial charge in [0.05, 0.1) is 12.8 Å². The quantitative estimate of drug-likeness (QED) is 0.782. The van der Waals surface area contributed by atoms with Gasteiger partial charge in [-0.3, -0.25) is 0 Å². The third-order valence-electron chi connectivity index (χ3n) is 2.80. The summed E-state index contributed by atoms with van der Waals surface area (Å²) in [6.07, 6.45) is 5.81. The summed E-state index contributed by atoms with van der Waals surface area (Å²) in [4.78, 5) is 6.63. The molecule has 0 aliphatic carbocycles. The van der Waals surface area contributed by atoms with Crippen LogP contribution in [-0.4, -0.2) is 41.2 Å². The molecule has 84 valence electrons. The van der Waals surface area contributed by atoms with Crippen molar-refractivity contribution in [2.24, 2.45) is 0 Å². The zero-order valence-electron chi connectivity index (χ0n) is 8.98. The molecule has 0 amide bonds. The van der Waals surface area contributed by atoms with Crippen LogP contribution in [0.1, 0.15) is 24.5 Å². The van der Waals surface area contributed by atoms with Gasteiger partial charge in [-0.05, 0) is 25.9 Å². The van der Waals surface area contributed by atoms with E-state index >= 15 is 0 Å². The van der Waals surface area contributed by atoms with Crippen LogP contribution in [0.5, 0.6) is 0 Å². The smallest absolute Gasteiger partial charge is 0.195 e. The fourth-order valence-electron chi connectivity index (χ4n) is 1.95. The van der Waals surface area contributed by atoms with Crippen LogP contribution in [0.25, 0.3) is 0 Å². The van der Waals surface area contributed by atoms with E-state index in [4.69, 9.17) is 9.52 Å². The summed E-state index contributed by atoms with van der Waals surface area (Å²) in [5, 5.41) is 8.74. The van der Waals surface area contributed by atoms with Crippen LogP contribution in [0.15, 0.2) is 10.6 Å². The number of rotatable bonds is 5. The van der Waals surface area contributed by atoms with Crippen LogP contribution in [0.4, 0.5) is 0 Å². The van der Waals surface area contributed by atoms with Crippen molar-refractivity contribution < 1.29 is 9.52 Å². The Morgan fingerprint density at radius 2 is 2.13 bits per heavy atom. The average Bonchev–Trinajstić information content (AvgIpc) is 2.85. The number of likely N-dealkylation sites (tertiary alicyclic amines) is 1. The lowest BCUT2D eigenvalue weighted by atomic mass is 10.4. The third kappa shape index (κ3) is 3.04. The first kappa shape index (κ1) is 10.6. The van der Waals surface area contributed by atoms with E-state index in [1.807, 2.05) is 0 Å². The predicted molar refractivity (Wildman–Crippen MR) is 56.7 cm³/mol. The van der Waals surface area contributed by atoms with Crippen molar-refractivity contribution in [3.8, 4) is 0 Å². The lowest BCUT2D eigenvalue weighted by molar-refractivity contribution is 0.283. The number of aliphatic hydroxyl groups is 1. The van der Waals surface area contributed by atoms with Crippen LogP contribution in [0, 0.1) is 0 Å². The molecule has 1 saturated heterocycles. The van der Waals surface area contributed by atoms with E-state index in [9.17, 15) is 0 Å². The Kier molecular flexibility index (Phi) is 3.75. The van der Waals surface area contributed by atoms with Gasteiger partial charge in [0, 0.05) is 19.4 Å². The maximum atomic E-state index is 8.74. The highest BCUT2D eigenvalue weighted by Crippen LogP contribution is 2.10. The predicted octanol–water partition coefficient (Wildman–Crippen LogP) is 0.848. The molecule has 1 aromatic rings. The molecule has 2 rings (SSSR count). The van der Waals surface area contributed by atoms with E-state index in [-0.39, 0.29) is 6.61 Å². The lowest BCUT2D eigenvalue weighted by Gasteiger charge is -2.12. The summed E-state index contributed by atoms with van der Waals surface area (Å²) < 4.78 is 5.49. The molecule has 1 aromatic heterocycles. The van der Waals surface area contributed by atoms with Crippen LogP contribution in [-0.2, 0) is 12.8 Å². The van der Waals surface area contributed by atoms with Gasteiger partial charge in [0.25, 0.3) is 0 Å². The Morgan fingerprint density at radius 3 is 2.87 bits per heavy atom. The number of nitrogens with zero attached hydrogens (tertiary/aromatic N) is 2. The van der Waals surface area contributed by atoms with E-state index in [2.05, 4.69) is 9.88 Å². The van der Waals surface area contributed by atoms with Crippen molar-refractivity contribution in [3.63, 3.8) is 0 Å². The largest absolute Gasteiger partial charge is 0.446 e. The molecule has 4 nitrogen and oxygen atoms in total. The fourth-order valence-corrected chi connectivity index (χ4v) is 1.95. The second-order valence-corrected chi connectivity index (χ2v) is 3.99. The first-order valence-electron chi connectivity index (χ1n) is 5.65. The minimum Gasteiger partial charge on any atom is -0.446 e. The molecule has 0 aromatic carbocycles. The Hall–Kier alpha value is -0.870. The van der Waals surface area contributed by atoms with Gasteiger partial charge in [-0.15, -0.1) is 0 Å². The van der Waals surface area contributed by atoms with Crippen LogP contribution in [0.2, 0.25) is 0 Å². The van der Waals surface area contributed by atoms with Crippen molar-refractivity contribution in [2.45, 2.75) is 25.7 Å². The molecule has 4 heteroatoms. The van der Waals surface area contributed by atoms with E-state index in [1.165, 1.54) is 25.9 Å². The van der Waals surface area contributed by atoms with Crippen LogP contribution in [0.3, 0.4) is 0 Å². The molecule has 0 spiro atoms. The number of aliphatic hydroxyl groups excluding tert-OH is 1. The molecule has 1 N–H and O–H groups in total. The highest BCUT2D eigenvalue weighted by atomic mass is 16.4. The van der Waals surface area contributed by atoms with E-state index in [0.29, 0.717) is 6.42 Å². The molecule has 0 saturated carbocycles. The summed E-state index contributed by atoms with van der Waals surface area (Å²) in [6.45, 7) is 3.59. The summed E-state index contributed by atoms with van der Waals surface area (Å²) in [5.41, 5.74) is 0. The van der Waals surface area contributed by atoms with E-state index in [1.54, 1.807) is 6.20 Å². The zero-order chi connectivity index (χ0) is 10.5. The summed E-state index contributed by atoms with van der Waals surface area (Å²) in [5.74, 6) is 1.58. The first-order chi connectivity index (χ1) is 7.38. The number of aromatic nitrogens is 1. The van der Waals surface area contributed by atoms with Gasteiger partial charge in [0.1, 0.15) is 5.76 Å². The van der Waals surface area contributed by atoms with Gasteiger partial charge in [-0.25, -0.2) is 4.98 Å². The minimum absolute atomic E-state index is 0.126. The lowest BCUT2D eigenvalue weighted by Crippen LogP contribution is -2.21. The second kappa shape index (κ2) is 5.28. The van der Waals surface area contributed by atoms with Gasteiger partial charge in [0.2, 0.25) is 0 Å². The van der Waals surface area contributed by atoms with E-state index < -0.39 is 0 Å². The molecular weight excluding hydrogens is 192 g/mol. The summed E-state index contributed by atoms with van der Waals surface area (Å²) >= 11 is 0. The van der Waals surface area contributed by atoms with Gasteiger partial charge in [0.15, 0.2) is 5.89 Å². The molecule has 15 heavy (non-hydrogen) atoms. The zero-order valence-corrected chi connectivity index (χ0v) is 8.98. The molecule has 1 aliphatic rings. The normalized spacial score (nSPS) is 17.4. The van der Waals surface area contributed by atoms with E-state index in [0.717, 1.165) is 24.6 Å². The van der Waals surface area contributed by atoms with Gasteiger partial charge >= 0.3 is 0 Å². The van der Waals surface area contributed by atoms with Crippen molar-refractivity contribution in [3.05, 3.63) is 17.8 Å². The topological polar surface area (TPSA) is 49.5 Å². The Morgan fingerprint density at radius 1 is 1.33 bits per heavy atom. The number of oxazole rings is 1. The van der Waals surface area contributed by atoms with Crippen molar-refractivity contribution in [1.82, 2.24) is 9.88 Å².